The number of aliphatic hydroxyl groups is 1. The molecule has 1 aliphatic heterocycles. The van der Waals surface area contributed by atoms with Crippen LogP contribution in [0.2, 0.25) is 5.02 Å². The standard InChI is InChI=1S/C29H21ClN2O5/c1-2-36-19-7-5-6-18(14-19)32-26(21-15-31-22-9-4-3-8-20(21)22)25(28(34)29(32)35)27(33)24-13-16-12-17(30)10-11-23(16)37-24/h3-15,26,31,34H,2H2,1H3. The maximum absolute atomic E-state index is 13.9. The number of nitrogens with zero attached hydrogens (tertiary/aromatic N) is 1. The predicted octanol–water partition coefficient (Wildman–Crippen LogP) is 6.75. The van der Waals surface area contributed by atoms with Crippen molar-refractivity contribution in [2.45, 2.75) is 13.0 Å². The van der Waals surface area contributed by atoms with Crippen LogP contribution in [0.5, 0.6) is 5.75 Å². The van der Waals surface area contributed by atoms with Gasteiger partial charge in [0.15, 0.2) is 11.5 Å². The Balaban J connectivity index is 1.53. The lowest BCUT2D eigenvalue weighted by Crippen LogP contribution is -2.31. The first-order chi connectivity index (χ1) is 18.0. The Labute approximate surface area is 216 Å². The van der Waals surface area contributed by atoms with Crippen LogP contribution < -0.4 is 9.64 Å². The highest BCUT2D eigenvalue weighted by Gasteiger charge is 2.46. The largest absolute Gasteiger partial charge is 0.503 e. The number of furan rings is 1. The number of hydrogen-bond donors (Lipinski definition) is 2. The molecule has 0 fully saturated rings. The highest BCUT2D eigenvalue weighted by molar-refractivity contribution is 6.31. The number of aromatic amines is 1. The van der Waals surface area contributed by atoms with Gasteiger partial charge in [0.1, 0.15) is 11.3 Å². The van der Waals surface area contributed by atoms with E-state index in [-0.39, 0.29) is 11.3 Å². The van der Waals surface area contributed by atoms with E-state index in [2.05, 4.69) is 4.98 Å². The van der Waals surface area contributed by atoms with Crippen LogP contribution in [0.4, 0.5) is 5.69 Å². The molecule has 7 nitrogen and oxygen atoms in total. The van der Waals surface area contributed by atoms with Crippen molar-refractivity contribution in [2.24, 2.45) is 0 Å². The summed E-state index contributed by atoms with van der Waals surface area (Å²) in [6.45, 7) is 2.32. The minimum atomic E-state index is -0.912. The SMILES string of the molecule is CCOc1cccc(N2C(=O)C(O)=C(C(=O)c3cc4cc(Cl)ccc4o3)C2c2c[nH]c3ccccc23)c1. The van der Waals surface area contributed by atoms with E-state index in [0.29, 0.717) is 39.6 Å². The summed E-state index contributed by atoms with van der Waals surface area (Å²) in [4.78, 5) is 32.1. The van der Waals surface area contributed by atoms with Gasteiger partial charge in [-0.1, -0.05) is 35.9 Å². The van der Waals surface area contributed by atoms with Gasteiger partial charge in [0.05, 0.1) is 18.2 Å². The zero-order valence-corrected chi connectivity index (χ0v) is 20.5. The third kappa shape index (κ3) is 3.75. The summed E-state index contributed by atoms with van der Waals surface area (Å²) >= 11 is 6.10. The number of ether oxygens (including phenoxy) is 1. The van der Waals surface area contributed by atoms with Crippen LogP contribution in [0, 0.1) is 0 Å². The molecule has 0 saturated heterocycles. The Morgan fingerprint density at radius 1 is 1.11 bits per heavy atom. The molecule has 6 rings (SSSR count). The maximum Gasteiger partial charge on any atom is 0.294 e. The molecular weight excluding hydrogens is 492 g/mol. The highest BCUT2D eigenvalue weighted by atomic mass is 35.5. The number of halogens is 1. The Morgan fingerprint density at radius 2 is 1.95 bits per heavy atom. The third-order valence-electron chi connectivity index (χ3n) is 6.48. The van der Waals surface area contributed by atoms with Crippen LogP contribution in [0.15, 0.2) is 94.7 Å². The molecular formula is C29H21ClN2O5. The molecule has 8 heteroatoms. The van der Waals surface area contributed by atoms with E-state index in [9.17, 15) is 14.7 Å². The van der Waals surface area contributed by atoms with E-state index in [1.807, 2.05) is 31.2 Å². The van der Waals surface area contributed by atoms with Crippen LogP contribution in [-0.4, -0.2) is 28.4 Å². The summed E-state index contributed by atoms with van der Waals surface area (Å²) in [5, 5.41) is 13.1. The number of rotatable bonds is 6. The van der Waals surface area contributed by atoms with Gasteiger partial charge in [0.25, 0.3) is 5.91 Å². The molecule has 1 aliphatic rings. The second-order valence-corrected chi connectivity index (χ2v) is 9.12. The van der Waals surface area contributed by atoms with Crippen molar-refractivity contribution < 1.29 is 23.8 Å². The molecule has 3 aromatic carbocycles. The van der Waals surface area contributed by atoms with E-state index in [0.717, 1.165) is 10.9 Å². The molecule has 5 aromatic rings. The molecule has 1 unspecified atom stereocenters. The van der Waals surface area contributed by atoms with Crippen LogP contribution >= 0.6 is 11.6 Å². The number of carbonyl (C=O) groups is 2. The van der Waals surface area contributed by atoms with E-state index >= 15 is 0 Å². The zero-order valence-electron chi connectivity index (χ0n) is 19.7. The zero-order chi connectivity index (χ0) is 25.7. The summed E-state index contributed by atoms with van der Waals surface area (Å²) in [6.07, 6.45) is 1.76. The number of Topliss-reactive ketones (excluding diaryl/α,β-unsaturated/α-hetero) is 1. The van der Waals surface area contributed by atoms with Gasteiger partial charge in [-0.25, -0.2) is 0 Å². The number of aliphatic hydroxyl groups excluding tert-OH is 1. The topological polar surface area (TPSA) is 95.8 Å². The van der Waals surface area contributed by atoms with Crippen LogP contribution in [0.3, 0.4) is 0 Å². The second-order valence-electron chi connectivity index (χ2n) is 8.68. The number of fused-ring (bicyclic) bond motifs is 2. The monoisotopic (exact) mass is 512 g/mol. The number of para-hydroxylation sites is 1. The smallest absolute Gasteiger partial charge is 0.294 e. The fourth-order valence-electron chi connectivity index (χ4n) is 4.87. The van der Waals surface area contributed by atoms with Crippen molar-refractivity contribution in [1.29, 1.82) is 0 Å². The van der Waals surface area contributed by atoms with Crippen LogP contribution in [0.1, 0.15) is 29.1 Å². The quantitative estimate of drug-likeness (QED) is 0.245. The Hall–Kier alpha value is -4.49. The minimum absolute atomic E-state index is 0.00127. The van der Waals surface area contributed by atoms with E-state index in [4.69, 9.17) is 20.8 Å². The number of anilines is 1. The number of hydrogen-bond acceptors (Lipinski definition) is 5. The Morgan fingerprint density at radius 3 is 2.78 bits per heavy atom. The maximum atomic E-state index is 13.9. The first kappa shape index (κ1) is 22.9. The number of benzene rings is 3. The van der Waals surface area contributed by atoms with Crippen molar-refractivity contribution in [2.75, 3.05) is 11.5 Å². The number of aromatic nitrogens is 1. The van der Waals surface area contributed by atoms with E-state index in [1.54, 1.807) is 54.7 Å². The Bertz CT molecular complexity index is 1730. The van der Waals surface area contributed by atoms with E-state index in [1.165, 1.54) is 4.90 Å². The highest BCUT2D eigenvalue weighted by Crippen LogP contribution is 2.45. The molecule has 1 amide bonds. The van der Waals surface area contributed by atoms with Crippen molar-refractivity contribution in [3.8, 4) is 5.75 Å². The number of amides is 1. The van der Waals surface area contributed by atoms with Crippen LogP contribution in [-0.2, 0) is 4.79 Å². The molecule has 2 N–H and O–H groups in total. The van der Waals surface area contributed by atoms with Gasteiger partial charge in [-0.2, -0.15) is 0 Å². The summed E-state index contributed by atoms with van der Waals surface area (Å²) < 4.78 is 11.5. The molecule has 37 heavy (non-hydrogen) atoms. The normalized spacial score (nSPS) is 15.8. The first-order valence-electron chi connectivity index (χ1n) is 11.8. The van der Waals surface area contributed by atoms with Crippen molar-refractivity contribution >= 4 is 50.9 Å². The lowest BCUT2D eigenvalue weighted by atomic mass is 9.94. The van der Waals surface area contributed by atoms with E-state index < -0.39 is 23.5 Å². The van der Waals surface area contributed by atoms with Gasteiger partial charge in [0.2, 0.25) is 5.78 Å². The lowest BCUT2D eigenvalue weighted by molar-refractivity contribution is -0.117. The van der Waals surface area contributed by atoms with Gasteiger partial charge in [-0.3, -0.25) is 14.5 Å². The molecule has 0 aliphatic carbocycles. The molecule has 2 aromatic heterocycles. The number of H-pyrrole nitrogens is 1. The fraction of sp³-hybridized carbons (Fsp3) is 0.103. The fourth-order valence-corrected chi connectivity index (χ4v) is 5.05. The third-order valence-corrected chi connectivity index (χ3v) is 6.71. The molecule has 0 spiro atoms. The second kappa shape index (κ2) is 8.87. The molecule has 0 saturated carbocycles. The van der Waals surface area contributed by atoms with Crippen LogP contribution in [0.25, 0.3) is 21.9 Å². The van der Waals surface area contributed by atoms with Crippen molar-refractivity contribution in [1.82, 2.24) is 4.98 Å². The average molecular weight is 513 g/mol. The lowest BCUT2D eigenvalue weighted by Gasteiger charge is -2.26. The number of nitrogens with one attached hydrogen (secondary N) is 1. The molecule has 1 atom stereocenters. The minimum Gasteiger partial charge on any atom is -0.503 e. The van der Waals surface area contributed by atoms with Crippen molar-refractivity contribution in [3.05, 3.63) is 107 Å². The molecule has 3 heterocycles. The summed E-state index contributed by atoms with van der Waals surface area (Å²) in [5.74, 6) is -1.33. The van der Waals surface area contributed by atoms with Gasteiger partial charge in [-0.15, -0.1) is 0 Å². The van der Waals surface area contributed by atoms with Gasteiger partial charge in [0, 0.05) is 44.8 Å². The Kier molecular flexibility index (Phi) is 5.50. The molecule has 0 bridgehead atoms. The molecule has 184 valence electrons. The summed E-state index contributed by atoms with van der Waals surface area (Å²) in [7, 11) is 0. The van der Waals surface area contributed by atoms with Gasteiger partial charge >= 0.3 is 0 Å². The number of ketones is 1. The predicted molar refractivity (Wildman–Crippen MR) is 141 cm³/mol. The number of carbonyl (C=O) groups excluding carboxylic acids is 2. The summed E-state index contributed by atoms with van der Waals surface area (Å²) in [5.41, 5.74) is 2.39. The molecule has 0 radical (unpaired) electrons. The first-order valence-corrected chi connectivity index (χ1v) is 12.1. The van der Waals surface area contributed by atoms with Gasteiger partial charge in [-0.05, 0) is 49.4 Å². The summed E-state index contributed by atoms with van der Waals surface area (Å²) in [6, 6.07) is 20.3. The average Bonchev–Trinajstić information content (AvgIpc) is 3.58. The van der Waals surface area contributed by atoms with Crippen molar-refractivity contribution in [3.63, 3.8) is 0 Å². The van der Waals surface area contributed by atoms with Gasteiger partial charge < -0.3 is 19.2 Å².